The highest BCUT2D eigenvalue weighted by atomic mass is 79.9. The molecule has 0 saturated heterocycles. The molecule has 3 nitrogen and oxygen atoms in total. The Kier molecular flexibility index (Phi) is 5.54. The van der Waals surface area contributed by atoms with Gasteiger partial charge in [-0.15, -0.1) is 0 Å². The normalized spacial score (nSPS) is 10.6. The number of hydrogen-bond acceptors (Lipinski definition) is 3. The second-order valence-corrected chi connectivity index (χ2v) is 6.16. The van der Waals surface area contributed by atoms with Gasteiger partial charge in [0.05, 0.1) is 10.2 Å². The van der Waals surface area contributed by atoms with Gasteiger partial charge < -0.3 is 5.32 Å². The summed E-state index contributed by atoms with van der Waals surface area (Å²) in [7, 11) is 0. The van der Waals surface area contributed by atoms with Crippen molar-refractivity contribution in [2.45, 2.75) is 26.7 Å². The van der Waals surface area contributed by atoms with Crippen molar-refractivity contribution in [2.24, 2.45) is 0 Å². The second-order valence-electron chi connectivity index (χ2n) is 4.45. The van der Waals surface area contributed by atoms with Crippen molar-refractivity contribution in [1.29, 1.82) is 0 Å². The summed E-state index contributed by atoms with van der Waals surface area (Å²) in [4.78, 5) is 9.29. The van der Waals surface area contributed by atoms with Gasteiger partial charge in [-0.25, -0.2) is 9.97 Å². The van der Waals surface area contributed by atoms with Gasteiger partial charge in [-0.2, -0.15) is 0 Å². The third kappa shape index (κ3) is 3.58. The van der Waals surface area contributed by atoms with Crippen LogP contribution in [0.2, 0.25) is 0 Å². The molecule has 2 rings (SSSR count). The Balaban J connectivity index is 2.48. The van der Waals surface area contributed by atoms with Gasteiger partial charge in [-0.3, -0.25) is 0 Å². The molecule has 0 radical (unpaired) electrons. The Bertz CT molecular complexity index is 600. The van der Waals surface area contributed by atoms with Crippen molar-refractivity contribution >= 4 is 37.7 Å². The van der Waals surface area contributed by atoms with E-state index < -0.39 is 0 Å². The fourth-order valence-electron chi connectivity index (χ4n) is 1.85. The SMILES string of the molecule is CCCNc1nc(-c2cccc(Br)c2)nc(CC)c1Br. The van der Waals surface area contributed by atoms with E-state index in [-0.39, 0.29) is 0 Å². The molecule has 20 heavy (non-hydrogen) atoms. The number of aromatic nitrogens is 2. The van der Waals surface area contributed by atoms with Crippen LogP contribution in [0.4, 0.5) is 5.82 Å². The largest absolute Gasteiger partial charge is 0.369 e. The molecule has 1 N–H and O–H groups in total. The fourth-order valence-corrected chi connectivity index (χ4v) is 2.84. The Labute approximate surface area is 136 Å². The lowest BCUT2D eigenvalue weighted by molar-refractivity contribution is 0.944. The van der Waals surface area contributed by atoms with Crippen LogP contribution < -0.4 is 5.32 Å². The van der Waals surface area contributed by atoms with E-state index in [4.69, 9.17) is 0 Å². The molecule has 0 fully saturated rings. The highest BCUT2D eigenvalue weighted by Crippen LogP contribution is 2.28. The maximum Gasteiger partial charge on any atom is 0.161 e. The number of rotatable bonds is 5. The number of benzene rings is 1. The smallest absolute Gasteiger partial charge is 0.161 e. The molecule has 0 aliphatic heterocycles. The number of nitrogens with one attached hydrogen (secondary N) is 1. The van der Waals surface area contributed by atoms with Crippen molar-refractivity contribution in [1.82, 2.24) is 9.97 Å². The average molecular weight is 399 g/mol. The zero-order chi connectivity index (χ0) is 14.5. The zero-order valence-electron chi connectivity index (χ0n) is 11.6. The van der Waals surface area contributed by atoms with Crippen LogP contribution in [0.15, 0.2) is 33.2 Å². The van der Waals surface area contributed by atoms with Crippen LogP contribution in [-0.2, 0) is 6.42 Å². The standard InChI is InChI=1S/C15H17Br2N3/c1-3-8-18-15-13(17)12(4-2)19-14(20-15)10-6-5-7-11(16)9-10/h5-7,9H,3-4,8H2,1-2H3,(H,18,19,20). The summed E-state index contributed by atoms with van der Waals surface area (Å²) in [6.07, 6.45) is 1.93. The first-order chi connectivity index (χ1) is 9.65. The van der Waals surface area contributed by atoms with Crippen LogP contribution in [0.5, 0.6) is 0 Å². The predicted octanol–water partition coefficient (Wildman–Crippen LogP) is 5.05. The zero-order valence-corrected chi connectivity index (χ0v) is 14.8. The van der Waals surface area contributed by atoms with Crippen LogP contribution in [-0.4, -0.2) is 16.5 Å². The minimum Gasteiger partial charge on any atom is -0.369 e. The maximum absolute atomic E-state index is 4.65. The van der Waals surface area contributed by atoms with Crippen LogP contribution >= 0.6 is 31.9 Å². The Morgan fingerprint density at radius 2 is 1.95 bits per heavy atom. The average Bonchev–Trinajstić information content (AvgIpc) is 2.46. The summed E-state index contributed by atoms with van der Waals surface area (Å²) in [6, 6.07) is 8.05. The molecule has 0 spiro atoms. The van der Waals surface area contributed by atoms with Gasteiger partial charge in [0, 0.05) is 16.6 Å². The summed E-state index contributed by atoms with van der Waals surface area (Å²) in [5, 5.41) is 3.35. The minimum atomic E-state index is 0.755. The lowest BCUT2D eigenvalue weighted by Gasteiger charge is -2.12. The van der Waals surface area contributed by atoms with Crippen LogP contribution in [0.1, 0.15) is 26.0 Å². The lowest BCUT2D eigenvalue weighted by Crippen LogP contribution is -2.07. The number of hydrogen-bond donors (Lipinski definition) is 1. The van der Waals surface area contributed by atoms with Gasteiger partial charge in [0.25, 0.3) is 0 Å². The van der Waals surface area contributed by atoms with Gasteiger partial charge in [0.15, 0.2) is 5.82 Å². The van der Waals surface area contributed by atoms with Crippen LogP contribution in [0.25, 0.3) is 11.4 Å². The Morgan fingerprint density at radius 1 is 1.15 bits per heavy atom. The molecule has 5 heteroatoms. The van der Waals surface area contributed by atoms with E-state index in [1.54, 1.807) is 0 Å². The van der Waals surface area contributed by atoms with Crippen LogP contribution in [0, 0.1) is 0 Å². The molecule has 0 bridgehead atoms. The molecule has 0 amide bonds. The fraction of sp³-hybridized carbons (Fsp3) is 0.333. The summed E-state index contributed by atoms with van der Waals surface area (Å²) in [5.41, 5.74) is 2.04. The summed E-state index contributed by atoms with van der Waals surface area (Å²) < 4.78 is 2.00. The first kappa shape index (κ1) is 15.4. The van der Waals surface area contributed by atoms with E-state index in [0.29, 0.717) is 0 Å². The molecule has 0 unspecified atom stereocenters. The number of anilines is 1. The Hall–Kier alpha value is -0.940. The highest BCUT2D eigenvalue weighted by molar-refractivity contribution is 9.11. The molecule has 0 aliphatic rings. The number of aryl methyl sites for hydroxylation is 1. The summed E-state index contributed by atoms with van der Waals surface area (Å²) in [6.45, 7) is 5.14. The monoisotopic (exact) mass is 397 g/mol. The molecule has 0 aliphatic carbocycles. The van der Waals surface area contributed by atoms with Crippen molar-refractivity contribution in [3.05, 3.63) is 38.9 Å². The molecule has 0 saturated carbocycles. The maximum atomic E-state index is 4.65. The van der Waals surface area contributed by atoms with E-state index in [9.17, 15) is 0 Å². The minimum absolute atomic E-state index is 0.755. The van der Waals surface area contributed by atoms with Crippen molar-refractivity contribution in [2.75, 3.05) is 11.9 Å². The molecule has 0 atom stereocenters. The van der Waals surface area contributed by atoms with Gasteiger partial charge >= 0.3 is 0 Å². The third-order valence-corrected chi connectivity index (χ3v) is 4.21. The van der Waals surface area contributed by atoms with E-state index in [1.807, 2.05) is 24.3 Å². The molecule has 1 aromatic carbocycles. The second kappa shape index (κ2) is 7.18. The quantitative estimate of drug-likeness (QED) is 0.765. The van der Waals surface area contributed by atoms with Crippen molar-refractivity contribution in [3.8, 4) is 11.4 Å². The molecule has 106 valence electrons. The van der Waals surface area contributed by atoms with Gasteiger partial charge in [0.1, 0.15) is 5.82 Å². The van der Waals surface area contributed by atoms with Gasteiger partial charge in [-0.1, -0.05) is 41.9 Å². The summed E-state index contributed by atoms with van der Waals surface area (Å²) >= 11 is 7.09. The van der Waals surface area contributed by atoms with E-state index in [1.165, 1.54) is 0 Å². The first-order valence-corrected chi connectivity index (χ1v) is 8.30. The lowest BCUT2D eigenvalue weighted by atomic mass is 10.2. The molecule has 1 heterocycles. The van der Waals surface area contributed by atoms with Gasteiger partial charge in [0.2, 0.25) is 0 Å². The predicted molar refractivity (Wildman–Crippen MR) is 91.0 cm³/mol. The van der Waals surface area contributed by atoms with E-state index >= 15 is 0 Å². The number of nitrogens with zero attached hydrogens (tertiary/aromatic N) is 2. The van der Waals surface area contributed by atoms with Crippen molar-refractivity contribution in [3.63, 3.8) is 0 Å². The molecule has 1 aromatic heterocycles. The Morgan fingerprint density at radius 3 is 2.60 bits per heavy atom. The van der Waals surface area contributed by atoms with E-state index in [2.05, 4.69) is 61.0 Å². The first-order valence-electron chi connectivity index (χ1n) is 6.72. The number of halogens is 2. The van der Waals surface area contributed by atoms with Gasteiger partial charge in [-0.05, 0) is 40.9 Å². The van der Waals surface area contributed by atoms with Crippen molar-refractivity contribution < 1.29 is 0 Å². The third-order valence-electron chi connectivity index (χ3n) is 2.88. The van der Waals surface area contributed by atoms with E-state index in [0.717, 1.165) is 51.2 Å². The summed E-state index contributed by atoms with van der Waals surface area (Å²) in [5.74, 6) is 1.62. The topological polar surface area (TPSA) is 37.8 Å². The molecule has 2 aromatic rings. The molecular weight excluding hydrogens is 382 g/mol. The highest BCUT2D eigenvalue weighted by Gasteiger charge is 2.12. The molecular formula is C15H17Br2N3. The van der Waals surface area contributed by atoms with Crippen LogP contribution in [0.3, 0.4) is 0 Å².